The average molecular weight is 304 g/mol. The van der Waals surface area contributed by atoms with Crippen LogP contribution >= 0.6 is 0 Å². The van der Waals surface area contributed by atoms with Crippen molar-refractivity contribution in [2.45, 2.75) is 19.6 Å². The van der Waals surface area contributed by atoms with E-state index in [-0.39, 0.29) is 35.0 Å². The molecule has 0 amide bonds. The molecule has 116 valence electrons. The van der Waals surface area contributed by atoms with E-state index in [0.29, 0.717) is 22.3 Å². The molecule has 0 saturated carbocycles. The van der Waals surface area contributed by atoms with Crippen LogP contribution in [-0.2, 0) is 11.3 Å². The number of carbonyl (C=O) groups is 1. The van der Waals surface area contributed by atoms with Gasteiger partial charge in [0.1, 0.15) is 29.1 Å². The van der Waals surface area contributed by atoms with Gasteiger partial charge in [-0.2, -0.15) is 0 Å². The van der Waals surface area contributed by atoms with Crippen molar-refractivity contribution in [3.63, 3.8) is 0 Å². The number of hydrogen-bond acceptors (Lipinski definition) is 6. The van der Waals surface area contributed by atoms with Crippen LogP contribution < -0.4 is 9.47 Å². The van der Waals surface area contributed by atoms with Crippen LogP contribution in [0.2, 0.25) is 0 Å². The standard InChI is InChI=1S/C16H16O6/c1-7-14(17)13-10(6-22-7)16(19)12-9(15(13)18)4-8(20-2)5-11(12)21-3/h4-5,7,18-19H,6H2,1-3H3/t7-/m0/s1. The number of rotatable bonds is 2. The Balaban J connectivity index is 2.45. The first-order chi connectivity index (χ1) is 10.5. The number of carbonyl (C=O) groups excluding carboxylic acids is 1. The molecule has 2 N–H and O–H groups in total. The third-order valence-corrected chi connectivity index (χ3v) is 3.94. The second-order valence-corrected chi connectivity index (χ2v) is 5.12. The zero-order valence-electron chi connectivity index (χ0n) is 12.5. The van der Waals surface area contributed by atoms with Gasteiger partial charge in [0.25, 0.3) is 0 Å². The highest BCUT2D eigenvalue weighted by atomic mass is 16.5. The highest BCUT2D eigenvalue weighted by molar-refractivity contribution is 6.12. The van der Waals surface area contributed by atoms with Crippen LogP contribution in [-0.4, -0.2) is 36.3 Å². The number of fused-ring (bicyclic) bond motifs is 2. The first-order valence-electron chi connectivity index (χ1n) is 6.77. The van der Waals surface area contributed by atoms with Gasteiger partial charge in [-0.05, 0) is 13.0 Å². The predicted octanol–water partition coefficient (Wildman–Crippen LogP) is 2.37. The minimum Gasteiger partial charge on any atom is -0.507 e. The number of hydrogen-bond donors (Lipinski definition) is 2. The maximum absolute atomic E-state index is 12.3. The number of Topliss-reactive ketones (excluding diaryl/α,β-unsaturated/α-hetero) is 1. The van der Waals surface area contributed by atoms with Gasteiger partial charge in [0.2, 0.25) is 0 Å². The average Bonchev–Trinajstić information content (AvgIpc) is 2.53. The van der Waals surface area contributed by atoms with Crippen molar-refractivity contribution < 1.29 is 29.2 Å². The van der Waals surface area contributed by atoms with Gasteiger partial charge < -0.3 is 24.4 Å². The van der Waals surface area contributed by atoms with Gasteiger partial charge in [0.05, 0.1) is 31.8 Å². The fourth-order valence-corrected chi connectivity index (χ4v) is 2.74. The Hall–Kier alpha value is -2.47. The summed E-state index contributed by atoms with van der Waals surface area (Å²) in [6.07, 6.45) is -0.664. The Morgan fingerprint density at radius 1 is 1.18 bits per heavy atom. The molecule has 0 aliphatic carbocycles. The number of ketones is 1. The van der Waals surface area contributed by atoms with Crippen LogP contribution in [0, 0.1) is 0 Å². The molecule has 2 aromatic rings. The summed E-state index contributed by atoms with van der Waals surface area (Å²) in [5.41, 5.74) is 0.371. The molecule has 6 heteroatoms. The van der Waals surface area contributed by atoms with E-state index in [0.717, 1.165) is 0 Å². The fourth-order valence-electron chi connectivity index (χ4n) is 2.74. The van der Waals surface area contributed by atoms with E-state index in [1.807, 2.05) is 0 Å². The molecule has 3 rings (SSSR count). The summed E-state index contributed by atoms with van der Waals surface area (Å²) in [6.45, 7) is 1.66. The minimum absolute atomic E-state index is 0.0484. The number of phenolic OH excluding ortho intramolecular Hbond substituents is 2. The maximum atomic E-state index is 12.3. The maximum Gasteiger partial charge on any atom is 0.195 e. The van der Waals surface area contributed by atoms with Crippen LogP contribution in [0.1, 0.15) is 22.8 Å². The molecule has 1 atom stereocenters. The summed E-state index contributed by atoms with van der Waals surface area (Å²) < 4.78 is 15.8. The van der Waals surface area contributed by atoms with Gasteiger partial charge >= 0.3 is 0 Å². The zero-order valence-corrected chi connectivity index (χ0v) is 12.5. The van der Waals surface area contributed by atoms with Gasteiger partial charge in [0, 0.05) is 17.0 Å². The van der Waals surface area contributed by atoms with E-state index in [1.165, 1.54) is 14.2 Å². The molecule has 0 radical (unpaired) electrons. The number of ether oxygens (including phenoxy) is 3. The Bertz CT molecular complexity index is 780. The lowest BCUT2D eigenvalue weighted by Crippen LogP contribution is -2.27. The summed E-state index contributed by atoms with van der Waals surface area (Å²) in [4.78, 5) is 12.3. The Morgan fingerprint density at radius 3 is 2.55 bits per heavy atom. The lowest BCUT2D eigenvalue weighted by molar-refractivity contribution is 0.0325. The molecule has 0 unspecified atom stereocenters. The van der Waals surface area contributed by atoms with E-state index < -0.39 is 6.10 Å². The zero-order chi connectivity index (χ0) is 16.0. The number of aromatic hydroxyl groups is 2. The smallest absolute Gasteiger partial charge is 0.195 e. The van der Waals surface area contributed by atoms with Gasteiger partial charge in [-0.25, -0.2) is 0 Å². The Morgan fingerprint density at radius 2 is 1.91 bits per heavy atom. The van der Waals surface area contributed by atoms with Crippen molar-refractivity contribution in [1.29, 1.82) is 0 Å². The number of methoxy groups -OCH3 is 2. The topological polar surface area (TPSA) is 85.2 Å². The van der Waals surface area contributed by atoms with Crippen molar-refractivity contribution in [2.24, 2.45) is 0 Å². The lowest BCUT2D eigenvalue weighted by Gasteiger charge is -2.24. The largest absolute Gasteiger partial charge is 0.507 e. The van der Waals surface area contributed by atoms with E-state index >= 15 is 0 Å². The summed E-state index contributed by atoms with van der Waals surface area (Å²) in [5.74, 6) is 0.114. The molecular formula is C16H16O6. The minimum atomic E-state index is -0.664. The van der Waals surface area contributed by atoms with Gasteiger partial charge in [0.15, 0.2) is 5.78 Å². The normalized spacial score (nSPS) is 17.4. The van der Waals surface area contributed by atoms with Crippen LogP contribution in [0.15, 0.2) is 12.1 Å². The van der Waals surface area contributed by atoms with Crippen LogP contribution in [0.25, 0.3) is 10.8 Å². The van der Waals surface area contributed by atoms with E-state index in [4.69, 9.17) is 14.2 Å². The first-order valence-corrected chi connectivity index (χ1v) is 6.77. The molecule has 6 nitrogen and oxygen atoms in total. The molecule has 1 aliphatic rings. The second-order valence-electron chi connectivity index (χ2n) is 5.12. The number of phenols is 2. The predicted molar refractivity (Wildman–Crippen MR) is 79.0 cm³/mol. The lowest BCUT2D eigenvalue weighted by atomic mass is 9.91. The van der Waals surface area contributed by atoms with Crippen molar-refractivity contribution in [1.82, 2.24) is 0 Å². The third kappa shape index (κ3) is 1.88. The summed E-state index contributed by atoms with van der Waals surface area (Å²) in [5, 5.41) is 21.7. The van der Waals surface area contributed by atoms with Crippen LogP contribution in [0.5, 0.6) is 23.0 Å². The van der Waals surface area contributed by atoms with Gasteiger partial charge in [-0.1, -0.05) is 0 Å². The van der Waals surface area contributed by atoms with Crippen molar-refractivity contribution >= 4 is 16.6 Å². The van der Waals surface area contributed by atoms with Crippen LogP contribution in [0.3, 0.4) is 0 Å². The highest BCUT2D eigenvalue weighted by Gasteiger charge is 2.33. The second kappa shape index (κ2) is 5.06. The van der Waals surface area contributed by atoms with Crippen molar-refractivity contribution in [3.8, 4) is 23.0 Å². The molecule has 0 bridgehead atoms. The van der Waals surface area contributed by atoms with E-state index in [9.17, 15) is 15.0 Å². The molecule has 22 heavy (non-hydrogen) atoms. The molecule has 0 saturated heterocycles. The summed E-state index contributed by atoms with van der Waals surface area (Å²) >= 11 is 0. The Labute approximate surface area is 126 Å². The highest BCUT2D eigenvalue weighted by Crippen LogP contribution is 2.47. The van der Waals surface area contributed by atoms with Crippen molar-refractivity contribution in [2.75, 3.05) is 14.2 Å². The summed E-state index contributed by atoms with van der Waals surface area (Å²) in [7, 11) is 2.94. The molecule has 0 aromatic heterocycles. The molecule has 2 aromatic carbocycles. The van der Waals surface area contributed by atoms with Crippen molar-refractivity contribution in [3.05, 3.63) is 23.3 Å². The monoisotopic (exact) mass is 304 g/mol. The third-order valence-electron chi connectivity index (χ3n) is 3.94. The molecule has 1 heterocycles. The summed E-state index contributed by atoms with van der Waals surface area (Å²) in [6, 6.07) is 3.16. The first kappa shape index (κ1) is 14.5. The van der Waals surface area contributed by atoms with E-state index in [1.54, 1.807) is 19.1 Å². The Kier molecular flexibility index (Phi) is 3.33. The molecule has 0 fully saturated rings. The van der Waals surface area contributed by atoms with Crippen LogP contribution in [0.4, 0.5) is 0 Å². The quantitative estimate of drug-likeness (QED) is 0.829. The SMILES string of the molecule is COc1cc(OC)c2c(O)c3c(c(O)c2c1)C(=O)[C@H](C)OC3. The number of benzene rings is 2. The van der Waals surface area contributed by atoms with E-state index in [2.05, 4.69) is 0 Å². The fraction of sp³-hybridized carbons (Fsp3) is 0.312. The molecule has 1 aliphatic heterocycles. The van der Waals surface area contributed by atoms with Gasteiger partial charge in [-0.3, -0.25) is 4.79 Å². The molecule has 0 spiro atoms. The van der Waals surface area contributed by atoms with Gasteiger partial charge in [-0.15, -0.1) is 0 Å². The molecular weight excluding hydrogens is 288 g/mol.